The maximum atomic E-state index is 12.6. The van der Waals surface area contributed by atoms with Crippen LogP contribution in [0.25, 0.3) is 0 Å². The Labute approximate surface area is 85.7 Å². The van der Waals surface area contributed by atoms with E-state index in [4.69, 9.17) is 5.73 Å². The van der Waals surface area contributed by atoms with Crippen molar-refractivity contribution in [3.05, 3.63) is 41.7 Å². The lowest BCUT2D eigenvalue weighted by atomic mass is 10.1. The van der Waals surface area contributed by atoms with Crippen molar-refractivity contribution in [3.8, 4) is 0 Å². The van der Waals surface area contributed by atoms with Crippen molar-refractivity contribution in [1.82, 2.24) is 20.0 Å². The smallest absolute Gasteiger partial charge is 0.141 e. The third-order valence-corrected chi connectivity index (χ3v) is 2.14. The van der Waals surface area contributed by atoms with E-state index in [0.29, 0.717) is 5.69 Å². The number of pyridine rings is 1. The van der Waals surface area contributed by atoms with Crippen molar-refractivity contribution < 1.29 is 4.39 Å². The number of hydrogen-bond donors (Lipinski definition) is 1. The normalized spacial score (nSPS) is 12.7. The summed E-state index contributed by atoms with van der Waals surface area (Å²) in [5.74, 6) is -0.380. The van der Waals surface area contributed by atoms with E-state index in [9.17, 15) is 4.39 Å². The van der Waals surface area contributed by atoms with Crippen LogP contribution in [0.5, 0.6) is 0 Å². The molecule has 0 bridgehead atoms. The van der Waals surface area contributed by atoms with E-state index >= 15 is 0 Å². The molecule has 2 N–H and O–H groups in total. The van der Waals surface area contributed by atoms with Gasteiger partial charge in [-0.1, -0.05) is 5.21 Å². The van der Waals surface area contributed by atoms with Gasteiger partial charge in [-0.25, -0.2) is 4.39 Å². The first-order valence-electron chi connectivity index (χ1n) is 4.40. The molecule has 0 radical (unpaired) electrons. The number of nitrogens with two attached hydrogens (primary N) is 1. The summed E-state index contributed by atoms with van der Waals surface area (Å²) in [4.78, 5) is 3.91. The van der Waals surface area contributed by atoms with Crippen LogP contribution in [0.4, 0.5) is 4.39 Å². The van der Waals surface area contributed by atoms with Gasteiger partial charge in [0.25, 0.3) is 0 Å². The summed E-state index contributed by atoms with van der Waals surface area (Å²) in [6.45, 7) is 0. The average molecular weight is 207 g/mol. The fraction of sp³-hybridized carbons (Fsp3) is 0.222. The molecule has 1 atom stereocenters. The van der Waals surface area contributed by atoms with Crippen LogP contribution in [0.2, 0.25) is 0 Å². The Hall–Kier alpha value is -1.82. The molecule has 5 nitrogen and oxygen atoms in total. The molecule has 1 unspecified atom stereocenters. The van der Waals surface area contributed by atoms with Crippen LogP contribution in [-0.2, 0) is 7.05 Å². The molecular weight excluding hydrogens is 197 g/mol. The van der Waals surface area contributed by atoms with Crippen LogP contribution < -0.4 is 5.73 Å². The Morgan fingerprint density at radius 1 is 1.40 bits per heavy atom. The molecule has 15 heavy (non-hydrogen) atoms. The summed E-state index contributed by atoms with van der Waals surface area (Å²) in [5.41, 5.74) is 7.24. The van der Waals surface area contributed by atoms with Crippen molar-refractivity contribution >= 4 is 0 Å². The molecule has 78 valence electrons. The van der Waals surface area contributed by atoms with E-state index < -0.39 is 6.04 Å². The highest BCUT2D eigenvalue weighted by atomic mass is 19.1. The summed E-state index contributed by atoms with van der Waals surface area (Å²) in [6.07, 6.45) is 2.70. The highest BCUT2D eigenvalue weighted by Gasteiger charge is 2.14. The molecule has 6 heteroatoms. The molecule has 0 aromatic carbocycles. The van der Waals surface area contributed by atoms with Gasteiger partial charge in [-0.15, -0.1) is 5.10 Å². The maximum Gasteiger partial charge on any atom is 0.141 e. The fourth-order valence-electron chi connectivity index (χ4n) is 1.30. The Morgan fingerprint density at radius 2 is 2.20 bits per heavy atom. The Kier molecular flexibility index (Phi) is 2.42. The summed E-state index contributed by atoms with van der Waals surface area (Å²) in [5, 5.41) is 7.48. The predicted molar refractivity (Wildman–Crippen MR) is 51.2 cm³/mol. The zero-order chi connectivity index (χ0) is 10.8. The quantitative estimate of drug-likeness (QED) is 0.773. The lowest BCUT2D eigenvalue weighted by Crippen LogP contribution is -2.17. The minimum atomic E-state index is -0.439. The van der Waals surface area contributed by atoms with E-state index in [1.807, 2.05) is 0 Å². The molecule has 2 rings (SSSR count). The largest absolute Gasteiger partial charge is 0.318 e. The Balaban J connectivity index is 2.32. The Morgan fingerprint density at radius 3 is 2.73 bits per heavy atom. The van der Waals surface area contributed by atoms with Gasteiger partial charge < -0.3 is 5.73 Å². The summed E-state index contributed by atoms with van der Waals surface area (Å²) < 4.78 is 14.2. The minimum absolute atomic E-state index is 0.380. The van der Waals surface area contributed by atoms with Crippen molar-refractivity contribution in [2.75, 3.05) is 0 Å². The van der Waals surface area contributed by atoms with Gasteiger partial charge in [0.1, 0.15) is 5.82 Å². The molecule has 2 aromatic heterocycles. The van der Waals surface area contributed by atoms with Crippen LogP contribution in [-0.4, -0.2) is 20.0 Å². The molecule has 0 amide bonds. The number of aryl methyl sites for hydroxylation is 1. The number of hydrogen-bond acceptors (Lipinski definition) is 4. The van der Waals surface area contributed by atoms with E-state index in [1.165, 1.54) is 6.07 Å². The monoisotopic (exact) mass is 207 g/mol. The van der Waals surface area contributed by atoms with Gasteiger partial charge >= 0.3 is 0 Å². The van der Waals surface area contributed by atoms with E-state index in [1.54, 1.807) is 24.0 Å². The molecule has 2 heterocycles. The van der Waals surface area contributed by atoms with E-state index in [-0.39, 0.29) is 5.82 Å². The lowest BCUT2D eigenvalue weighted by Gasteiger charge is -2.09. The molecule has 0 saturated heterocycles. The molecule has 0 aliphatic carbocycles. The topological polar surface area (TPSA) is 69.6 Å². The predicted octanol–water partition coefficient (Wildman–Crippen LogP) is 0.397. The van der Waals surface area contributed by atoms with Crippen molar-refractivity contribution in [2.45, 2.75) is 6.04 Å². The van der Waals surface area contributed by atoms with Gasteiger partial charge in [0.2, 0.25) is 0 Å². The van der Waals surface area contributed by atoms with Gasteiger partial charge in [0.05, 0.1) is 29.8 Å². The second-order valence-electron chi connectivity index (χ2n) is 3.16. The van der Waals surface area contributed by atoms with Crippen LogP contribution in [0, 0.1) is 5.82 Å². The van der Waals surface area contributed by atoms with Crippen LogP contribution in [0.1, 0.15) is 17.4 Å². The summed E-state index contributed by atoms with van der Waals surface area (Å²) in [7, 11) is 1.74. The highest BCUT2D eigenvalue weighted by molar-refractivity contribution is 5.19. The SMILES string of the molecule is Cn1nncc1C(N)c1ccc(F)cn1. The van der Waals surface area contributed by atoms with Crippen molar-refractivity contribution in [3.63, 3.8) is 0 Å². The molecule has 0 spiro atoms. The van der Waals surface area contributed by atoms with E-state index in [0.717, 1.165) is 11.9 Å². The first-order valence-corrected chi connectivity index (χ1v) is 4.40. The van der Waals surface area contributed by atoms with Crippen molar-refractivity contribution in [1.29, 1.82) is 0 Å². The third-order valence-electron chi connectivity index (χ3n) is 2.14. The van der Waals surface area contributed by atoms with Gasteiger partial charge in [-0.3, -0.25) is 9.67 Å². The maximum absolute atomic E-state index is 12.6. The first kappa shape index (κ1) is 9.72. The van der Waals surface area contributed by atoms with Gasteiger partial charge in [0.15, 0.2) is 0 Å². The van der Waals surface area contributed by atoms with Crippen molar-refractivity contribution in [2.24, 2.45) is 12.8 Å². The molecule has 0 aliphatic heterocycles. The molecule has 0 saturated carbocycles. The van der Waals surface area contributed by atoms with Crippen LogP contribution >= 0.6 is 0 Å². The summed E-state index contributed by atoms with van der Waals surface area (Å²) >= 11 is 0. The molecule has 0 fully saturated rings. The zero-order valence-electron chi connectivity index (χ0n) is 8.13. The number of halogens is 1. The molecule has 2 aromatic rings. The first-order chi connectivity index (χ1) is 7.18. The second-order valence-corrected chi connectivity index (χ2v) is 3.16. The lowest BCUT2D eigenvalue weighted by molar-refractivity contribution is 0.611. The summed E-state index contributed by atoms with van der Waals surface area (Å²) in [6, 6.07) is 2.43. The third kappa shape index (κ3) is 1.84. The van der Waals surface area contributed by atoms with Gasteiger partial charge in [-0.05, 0) is 12.1 Å². The average Bonchev–Trinajstić information content (AvgIpc) is 2.65. The number of rotatable bonds is 2. The van der Waals surface area contributed by atoms with E-state index in [2.05, 4.69) is 15.3 Å². The fourth-order valence-corrected chi connectivity index (χ4v) is 1.30. The van der Waals surface area contributed by atoms with Crippen LogP contribution in [0.3, 0.4) is 0 Å². The minimum Gasteiger partial charge on any atom is -0.318 e. The van der Waals surface area contributed by atoms with Gasteiger partial charge in [0, 0.05) is 7.05 Å². The molecule has 0 aliphatic rings. The number of aromatic nitrogens is 4. The standard InChI is InChI=1S/C9H10FN5/c1-15-8(5-13-14-15)9(11)7-3-2-6(10)4-12-7/h2-5,9H,11H2,1H3. The van der Waals surface area contributed by atoms with Gasteiger partial charge in [-0.2, -0.15) is 0 Å². The Bertz CT molecular complexity index is 450. The highest BCUT2D eigenvalue weighted by Crippen LogP contribution is 2.15. The van der Waals surface area contributed by atoms with Crippen LogP contribution in [0.15, 0.2) is 24.5 Å². The number of nitrogens with zero attached hydrogens (tertiary/aromatic N) is 4. The molecular formula is C9H10FN5. The zero-order valence-corrected chi connectivity index (χ0v) is 8.13. The second kappa shape index (κ2) is 3.74.